The van der Waals surface area contributed by atoms with Gasteiger partial charge in [0.15, 0.2) is 0 Å². The molecule has 0 saturated heterocycles. The van der Waals surface area contributed by atoms with E-state index in [1.54, 1.807) is 6.20 Å². The van der Waals surface area contributed by atoms with Crippen LogP contribution in [0.4, 0.5) is 0 Å². The lowest BCUT2D eigenvalue weighted by molar-refractivity contribution is 0.457. The van der Waals surface area contributed by atoms with E-state index in [4.69, 9.17) is 4.42 Å². The second kappa shape index (κ2) is 11.8. The molecule has 1 aromatic heterocycles. The zero-order valence-electron chi connectivity index (χ0n) is 13.1. The second-order valence-electron chi connectivity index (χ2n) is 5.78. The van der Waals surface area contributed by atoms with Crippen molar-refractivity contribution in [3.8, 4) is 0 Å². The number of aromatic nitrogens is 1. The Labute approximate surface area is 123 Å². The van der Waals surface area contributed by atoms with Crippen molar-refractivity contribution in [1.29, 1.82) is 0 Å². The van der Waals surface area contributed by atoms with Gasteiger partial charge in [0.25, 0.3) is 0 Å². The Kier molecular flexibility index (Phi) is 10.1. The van der Waals surface area contributed by atoms with Crippen molar-refractivity contribution in [2.75, 3.05) is 0 Å². The third-order valence-corrected chi connectivity index (χ3v) is 3.85. The Morgan fingerprint density at radius 1 is 0.850 bits per heavy atom. The molecule has 0 saturated carbocycles. The maximum absolute atomic E-state index is 10.8. The van der Waals surface area contributed by atoms with Crippen LogP contribution in [0.5, 0.6) is 0 Å². The summed E-state index contributed by atoms with van der Waals surface area (Å²) >= 11 is 0. The lowest BCUT2D eigenvalue weighted by atomic mass is 10.0. The van der Waals surface area contributed by atoms with Gasteiger partial charge in [-0.2, -0.15) is 0 Å². The summed E-state index contributed by atoms with van der Waals surface area (Å²) in [5.74, 6) is 0.459. The number of unbranched alkanes of at least 4 members (excludes halogenated alkanes) is 11. The van der Waals surface area contributed by atoms with Crippen molar-refractivity contribution in [3.05, 3.63) is 22.5 Å². The van der Waals surface area contributed by atoms with Crippen LogP contribution in [0.25, 0.3) is 0 Å². The van der Waals surface area contributed by atoms with Gasteiger partial charge >= 0.3 is 5.76 Å². The molecule has 1 aromatic rings. The fourth-order valence-corrected chi connectivity index (χ4v) is 2.58. The van der Waals surface area contributed by atoms with Crippen molar-refractivity contribution in [3.63, 3.8) is 0 Å². The largest absolute Gasteiger partial charge is 0.416 e. The lowest BCUT2D eigenvalue weighted by Gasteiger charge is -2.02. The van der Waals surface area contributed by atoms with Crippen LogP contribution in [-0.4, -0.2) is 4.98 Å². The molecule has 116 valence electrons. The first-order valence-electron chi connectivity index (χ1n) is 8.50. The van der Waals surface area contributed by atoms with Gasteiger partial charge in [0, 0.05) is 12.6 Å². The number of hydrogen-bond acceptors (Lipinski definition) is 2. The van der Waals surface area contributed by atoms with Crippen molar-refractivity contribution < 1.29 is 4.42 Å². The molecule has 0 fully saturated rings. The van der Waals surface area contributed by atoms with Gasteiger partial charge in [-0.25, -0.2) is 4.79 Å². The number of oxazole rings is 1. The molecule has 0 unspecified atom stereocenters. The Balaban J connectivity index is 1.77. The van der Waals surface area contributed by atoms with Crippen LogP contribution in [0.1, 0.15) is 89.7 Å². The molecule has 0 aliphatic heterocycles. The van der Waals surface area contributed by atoms with E-state index < -0.39 is 0 Å². The van der Waals surface area contributed by atoms with Crippen molar-refractivity contribution >= 4 is 0 Å². The van der Waals surface area contributed by atoms with Crippen molar-refractivity contribution in [1.82, 2.24) is 4.98 Å². The summed E-state index contributed by atoms with van der Waals surface area (Å²) in [5, 5.41) is 0. The summed E-state index contributed by atoms with van der Waals surface area (Å²) in [6.45, 7) is 2.27. The number of aromatic amines is 1. The summed E-state index contributed by atoms with van der Waals surface area (Å²) in [6.07, 6.45) is 18.8. The minimum atomic E-state index is -0.334. The van der Waals surface area contributed by atoms with Crippen LogP contribution in [0.3, 0.4) is 0 Å². The van der Waals surface area contributed by atoms with Gasteiger partial charge in [-0.05, 0) is 6.42 Å². The fourth-order valence-electron chi connectivity index (χ4n) is 2.58. The van der Waals surface area contributed by atoms with E-state index in [1.807, 2.05) is 0 Å². The maximum Gasteiger partial charge on any atom is 0.416 e. The SMILES string of the molecule is CCCCCCCCCCCCCCc1c[nH]c(=O)o1. The quantitative estimate of drug-likeness (QED) is 0.504. The number of nitrogens with one attached hydrogen (secondary N) is 1. The van der Waals surface area contributed by atoms with Gasteiger partial charge in [-0.15, -0.1) is 0 Å². The van der Waals surface area contributed by atoms with Crippen LogP contribution in [-0.2, 0) is 6.42 Å². The molecule has 1 N–H and O–H groups in total. The molecule has 20 heavy (non-hydrogen) atoms. The molecule has 0 radical (unpaired) electrons. The standard InChI is InChI=1S/C17H31NO2/c1-2-3-4-5-6-7-8-9-10-11-12-13-14-16-15-18-17(19)20-16/h15H,2-14H2,1H3,(H,18,19). The first kappa shape index (κ1) is 17.1. The number of aryl methyl sites for hydroxylation is 1. The minimum absolute atomic E-state index is 0.334. The highest BCUT2D eigenvalue weighted by Gasteiger charge is 1.98. The lowest BCUT2D eigenvalue weighted by Crippen LogP contribution is -1.93. The summed E-state index contributed by atoms with van der Waals surface area (Å²) in [5.41, 5.74) is 0. The van der Waals surface area contributed by atoms with E-state index in [1.165, 1.54) is 70.6 Å². The van der Waals surface area contributed by atoms with Crippen LogP contribution in [0, 0.1) is 0 Å². The first-order chi connectivity index (χ1) is 9.83. The topological polar surface area (TPSA) is 46.0 Å². The molecule has 0 atom stereocenters. The average Bonchev–Trinajstić information content (AvgIpc) is 2.86. The highest BCUT2D eigenvalue weighted by atomic mass is 16.4. The highest BCUT2D eigenvalue weighted by Crippen LogP contribution is 2.12. The van der Waals surface area contributed by atoms with E-state index >= 15 is 0 Å². The molecule has 1 heterocycles. The number of hydrogen-bond donors (Lipinski definition) is 1. The van der Waals surface area contributed by atoms with Gasteiger partial charge in [-0.3, -0.25) is 4.98 Å². The van der Waals surface area contributed by atoms with E-state index in [0.29, 0.717) is 0 Å². The van der Waals surface area contributed by atoms with Gasteiger partial charge < -0.3 is 4.42 Å². The summed E-state index contributed by atoms with van der Waals surface area (Å²) < 4.78 is 4.97. The monoisotopic (exact) mass is 281 g/mol. The molecular weight excluding hydrogens is 250 g/mol. The molecule has 0 aliphatic carbocycles. The van der Waals surface area contributed by atoms with E-state index in [-0.39, 0.29) is 5.76 Å². The molecule has 3 heteroatoms. The third kappa shape index (κ3) is 9.00. The summed E-state index contributed by atoms with van der Waals surface area (Å²) in [7, 11) is 0. The second-order valence-corrected chi connectivity index (χ2v) is 5.78. The molecule has 0 spiro atoms. The first-order valence-corrected chi connectivity index (χ1v) is 8.50. The van der Waals surface area contributed by atoms with Crippen molar-refractivity contribution in [2.45, 2.75) is 90.4 Å². The Morgan fingerprint density at radius 2 is 1.35 bits per heavy atom. The summed E-state index contributed by atoms with van der Waals surface area (Å²) in [6, 6.07) is 0. The molecule has 3 nitrogen and oxygen atoms in total. The van der Waals surface area contributed by atoms with Gasteiger partial charge in [0.1, 0.15) is 5.76 Å². The molecule has 0 bridgehead atoms. The molecule has 1 rings (SSSR count). The molecule has 0 amide bonds. The van der Waals surface area contributed by atoms with E-state index in [2.05, 4.69) is 11.9 Å². The normalized spacial score (nSPS) is 11.1. The van der Waals surface area contributed by atoms with Crippen molar-refractivity contribution in [2.24, 2.45) is 0 Å². The minimum Gasteiger partial charge on any atom is -0.413 e. The smallest absolute Gasteiger partial charge is 0.413 e. The van der Waals surface area contributed by atoms with E-state index in [9.17, 15) is 4.79 Å². The zero-order chi connectivity index (χ0) is 14.5. The number of rotatable bonds is 13. The molecule has 0 aliphatic rings. The molecular formula is C17H31NO2. The van der Waals surface area contributed by atoms with Gasteiger partial charge in [0.2, 0.25) is 0 Å². The molecule has 0 aromatic carbocycles. The van der Waals surface area contributed by atoms with Gasteiger partial charge in [0.05, 0.1) is 0 Å². The zero-order valence-corrected chi connectivity index (χ0v) is 13.1. The number of H-pyrrole nitrogens is 1. The predicted molar refractivity (Wildman–Crippen MR) is 84.1 cm³/mol. The van der Waals surface area contributed by atoms with E-state index in [0.717, 1.165) is 18.6 Å². The fraction of sp³-hybridized carbons (Fsp3) is 0.824. The van der Waals surface area contributed by atoms with Gasteiger partial charge in [-0.1, -0.05) is 77.6 Å². The Bertz CT molecular complexity index is 367. The van der Waals surface area contributed by atoms with Crippen LogP contribution in [0.15, 0.2) is 15.4 Å². The highest BCUT2D eigenvalue weighted by molar-refractivity contribution is 4.88. The maximum atomic E-state index is 10.8. The van der Waals surface area contributed by atoms with Crippen LogP contribution < -0.4 is 5.76 Å². The summed E-state index contributed by atoms with van der Waals surface area (Å²) in [4.78, 5) is 13.3. The average molecular weight is 281 g/mol. The Hall–Kier alpha value is -0.990. The third-order valence-electron chi connectivity index (χ3n) is 3.85. The van der Waals surface area contributed by atoms with Crippen LogP contribution >= 0.6 is 0 Å². The van der Waals surface area contributed by atoms with Crippen LogP contribution in [0.2, 0.25) is 0 Å². The predicted octanol–water partition coefficient (Wildman–Crippen LogP) is 5.21. The Morgan fingerprint density at radius 3 is 1.80 bits per heavy atom.